The fraction of sp³-hybridized carbons (Fsp3) is 0. The molecule has 0 bridgehead atoms. The number of rotatable bonds is 3. The summed E-state index contributed by atoms with van der Waals surface area (Å²) in [5, 5.41) is 20.9. The van der Waals surface area contributed by atoms with Gasteiger partial charge in [-0.25, -0.2) is 9.59 Å². The quantitative estimate of drug-likeness (QED) is 0.623. The van der Waals surface area contributed by atoms with Gasteiger partial charge in [0.15, 0.2) is 0 Å². The lowest BCUT2D eigenvalue weighted by Gasteiger charge is -2.06. The molecule has 1 rings (SSSR count). The minimum absolute atomic E-state index is 0.119. The molecular formula is C10H10N2O4. The summed E-state index contributed by atoms with van der Waals surface area (Å²) >= 11 is 0. The van der Waals surface area contributed by atoms with Crippen molar-refractivity contribution >= 4 is 18.3 Å². The van der Waals surface area contributed by atoms with Crippen LogP contribution in [0.15, 0.2) is 36.2 Å². The van der Waals surface area contributed by atoms with E-state index in [1.54, 1.807) is 30.3 Å². The van der Waals surface area contributed by atoms with Crippen LogP contribution in [0.1, 0.15) is 5.56 Å². The Morgan fingerprint density at radius 1 is 1.00 bits per heavy atom. The molecule has 0 unspecified atom stereocenters. The summed E-state index contributed by atoms with van der Waals surface area (Å²) in [7, 11) is 0. The van der Waals surface area contributed by atoms with Crippen molar-refractivity contribution in [1.82, 2.24) is 10.6 Å². The summed E-state index contributed by atoms with van der Waals surface area (Å²) in [6.07, 6.45) is -1.30. The molecule has 0 radical (unpaired) electrons. The van der Waals surface area contributed by atoms with Gasteiger partial charge in [-0.15, -0.1) is 0 Å². The molecule has 0 fully saturated rings. The van der Waals surface area contributed by atoms with Crippen molar-refractivity contribution < 1.29 is 19.8 Å². The number of nitrogens with one attached hydrogen (secondary N) is 2. The number of carboxylic acid groups (broad SMARTS) is 2. The highest BCUT2D eigenvalue weighted by Crippen LogP contribution is 2.03. The Balaban J connectivity index is 2.87. The van der Waals surface area contributed by atoms with E-state index >= 15 is 0 Å². The highest BCUT2D eigenvalue weighted by atomic mass is 16.4. The molecule has 16 heavy (non-hydrogen) atoms. The fourth-order valence-corrected chi connectivity index (χ4v) is 1.05. The molecule has 0 saturated heterocycles. The topological polar surface area (TPSA) is 98.7 Å². The lowest BCUT2D eigenvalue weighted by Crippen LogP contribution is -2.33. The van der Waals surface area contributed by atoms with Crippen molar-refractivity contribution in [2.75, 3.05) is 0 Å². The molecule has 84 valence electrons. The van der Waals surface area contributed by atoms with Crippen LogP contribution in [-0.2, 0) is 0 Å². The van der Waals surface area contributed by atoms with E-state index in [1.807, 2.05) is 10.6 Å². The van der Waals surface area contributed by atoms with Crippen LogP contribution in [-0.4, -0.2) is 22.4 Å². The maximum Gasteiger partial charge on any atom is 0.410 e. The van der Waals surface area contributed by atoms with Gasteiger partial charge in [-0.05, 0) is 11.6 Å². The maximum atomic E-state index is 10.4. The number of amides is 2. The van der Waals surface area contributed by atoms with E-state index in [9.17, 15) is 9.59 Å². The van der Waals surface area contributed by atoms with Crippen molar-refractivity contribution in [2.45, 2.75) is 0 Å². The Morgan fingerprint density at radius 2 is 1.50 bits per heavy atom. The second-order valence-corrected chi connectivity index (χ2v) is 2.83. The van der Waals surface area contributed by atoms with Gasteiger partial charge in [-0.1, -0.05) is 30.3 Å². The van der Waals surface area contributed by atoms with Gasteiger partial charge >= 0.3 is 12.2 Å². The van der Waals surface area contributed by atoms with Crippen LogP contribution in [0.3, 0.4) is 0 Å². The Kier molecular flexibility index (Phi) is 3.90. The number of carbonyl (C=O) groups is 2. The third kappa shape index (κ3) is 4.14. The average molecular weight is 222 g/mol. The average Bonchev–Trinajstić information content (AvgIpc) is 2.16. The van der Waals surface area contributed by atoms with Gasteiger partial charge in [-0.2, -0.15) is 0 Å². The monoisotopic (exact) mass is 222 g/mol. The normalized spacial score (nSPS) is 9.00. The lowest BCUT2D eigenvalue weighted by atomic mass is 10.2. The maximum absolute atomic E-state index is 10.4. The molecule has 0 aromatic heterocycles. The molecule has 0 aliphatic rings. The first-order valence-corrected chi connectivity index (χ1v) is 4.34. The summed E-state index contributed by atoms with van der Waals surface area (Å²) in [6.45, 7) is 0. The summed E-state index contributed by atoms with van der Waals surface area (Å²) in [4.78, 5) is 20.8. The molecule has 2 amide bonds. The van der Waals surface area contributed by atoms with E-state index in [2.05, 4.69) is 0 Å². The predicted molar refractivity (Wildman–Crippen MR) is 56.7 cm³/mol. The van der Waals surface area contributed by atoms with Gasteiger partial charge < -0.3 is 10.2 Å². The third-order valence-corrected chi connectivity index (χ3v) is 1.59. The van der Waals surface area contributed by atoms with Gasteiger partial charge in [0.2, 0.25) is 0 Å². The highest BCUT2D eigenvalue weighted by molar-refractivity contribution is 5.74. The summed E-state index contributed by atoms with van der Waals surface area (Å²) in [5.41, 5.74) is 0.681. The van der Waals surface area contributed by atoms with E-state index in [0.29, 0.717) is 5.56 Å². The molecule has 0 saturated carbocycles. The summed E-state index contributed by atoms with van der Waals surface area (Å²) in [6, 6.07) is 8.74. The minimum atomic E-state index is -1.34. The van der Waals surface area contributed by atoms with Crippen molar-refractivity contribution in [3.05, 3.63) is 41.7 Å². The van der Waals surface area contributed by atoms with Crippen LogP contribution in [0.2, 0.25) is 0 Å². The zero-order valence-electron chi connectivity index (χ0n) is 8.18. The fourth-order valence-electron chi connectivity index (χ4n) is 1.05. The molecule has 6 heteroatoms. The molecule has 4 N–H and O–H groups in total. The van der Waals surface area contributed by atoms with Gasteiger partial charge in [0.25, 0.3) is 0 Å². The van der Waals surface area contributed by atoms with Crippen molar-refractivity contribution in [1.29, 1.82) is 0 Å². The molecule has 0 aliphatic carbocycles. The van der Waals surface area contributed by atoms with Gasteiger partial charge in [0.05, 0.1) is 0 Å². The number of benzene rings is 1. The van der Waals surface area contributed by atoms with Crippen LogP contribution < -0.4 is 10.6 Å². The zero-order chi connectivity index (χ0) is 12.0. The molecule has 1 aromatic rings. The molecular weight excluding hydrogens is 212 g/mol. The first kappa shape index (κ1) is 11.6. The molecule has 6 nitrogen and oxygen atoms in total. The Morgan fingerprint density at radius 3 is 1.94 bits per heavy atom. The molecule has 0 atom stereocenters. The predicted octanol–water partition coefficient (Wildman–Crippen LogP) is 1.52. The minimum Gasteiger partial charge on any atom is -0.465 e. The summed E-state index contributed by atoms with van der Waals surface area (Å²) < 4.78 is 0. The largest absolute Gasteiger partial charge is 0.465 e. The molecule has 1 aromatic carbocycles. The number of hydrogen-bond donors (Lipinski definition) is 4. The van der Waals surface area contributed by atoms with Gasteiger partial charge in [0.1, 0.15) is 5.82 Å². The van der Waals surface area contributed by atoms with E-state index in [1.165, 1.54) is 6.08 Å². The molecule has 0 heterocycles. The second kappa shape index (κ2) is 5.40. The van der Waals surface area contributed by atoms with E-state index in [4.69, 9.17) is 10.2 Å². The Labute approximate surface area is 91.2 Å². The zero-order valence-corrected chi connectivity index (χ0v) is 8.18. The Hall–Kier alpha value is -2.50. The van der Waals surface area contributed by atoms with Crippen molar-refractivity contribution in [3.8, 4) is 0 Å². The first-order valence-electron chi connectivity index (χ1n) is 4.34. The van der Waals surface area contributed by atoms with E-state index in [0.717, 1.165) is 0 Å². The van der Waals surface area contributed by atoms with Crippen LogP contribution >= 0.6 is 0 Å². The van der Waals surface area contributed by atoms with Crippen LogP contribution in [0, 0.1) is 0 Å². The van der Waals surface area contributed by atoms with Gasteiger partial charge in [0, 0.05) is 0 Å². The number of hydrogen-bond acceptors (Lipinski definition) is 2. The SMILES string of the molecule is O=C(O)NC(=Cc1ccccc1)NC(=O)O. The second-order valence-electron chi connectivity index (χ2n) is 2.83. The van der Waals surface area contributed by atoms with Gasteiger partial charge in [-0.3, -0.25) is 10.6 Å². The molecule has 0 spiro atoms. The Bertz CT molecular complexity index is 396. The summed E-state index contributed by atoms with van der Waals surface area (Å²) in [5.74, 6) is -0.119. The highest BCUT2D eigenvalue weighted by Gasteiger charge is 2.04. The van der Waals surface area contributed by atoms with Crippen molar-refractivity contribution in [3.63, 3.8) is 0 Å². The van der Waals surface area contributed by atoms with Crippen molar-refractivity contribution in [2.24, 2.45) is 0 Å². The first-order chi connectivity index (χ1) is 7.58. The standard InChI is InChI=1S/C10H10N2O4/c13-9(14)11-8(12-10(15)16)6-7-4-2-1-3-5-7/h1-6,11-12H,(H,13,14)(H,15,16). The lowest BCUT2D eigenvalue weighted by molar-refractivity contribution is 0.192. The van der Waals surface area contributed by atoms with E-state index < -0.39 is 12.2 Å². The third-order valence-electron chi connectivity index (χ3n) is 1.59. The smallest absolute Gasteiger partial charge is 0.410 e. The van der Waals surface area contributed by atoms with Crippen LogP contribution in [0.4, 0.5) is 9.59 Å². The van der Waals surface area contributed by atoms with E-state index in [-0.39, 0.29) is 5.82 Å². The van der Waals surface area contributed by atoms with Crippen LogP contribution in [0.5, 0.6) is 0 Å². The molecule has 0 aliphatic heterocycles. The van der Waals surface area contributed by atoms with Crippen LogP contribution in [0.25, 0.3) is 6.08 Å².